The smallest absolute Gasteiger partial charge is 0.231 e. The van der Waals surface area contributed by atoms with Gasteiger partial charge in [-0.25, -0.2) is 9.97 Å². The van der Waals surface area contributed by atoms with Crippen LogP contribution in [0.25, 0.3) is 10.2 Å². The largest absolute Gasteiger partial charge is 0.383 e. The number of anilines is 1. The van der Waals surface area contributed by atoms with Crippen LogP contribution >= 0.6 is 34.4 Å². The molecule has 0 radical (unpaired) electrons. The molecule has 0 aliphatic heterocycles. The van der Waals surface area contributed by atoms with Crippen molar-refractivity contribution in [2.45, 2.75) is 18.1 Å². The second-order valence-electron chi connectivity index (χ2n) is 6.25. The van der Waals surface area contributed by atoms with Gasteiger partial charge < -0.3 is 11.1 Å². The SMILES string of the molecule is Cc1ccc([C@H](NC(=O)CSc2nc(N)c3ccsc3n2)c2cccs2)cc1. The molecule has 28 heavy (non-hydrogen) atoms. The molecule has 4 rings (SSSR count). The summed E-state index contributed by atoms with van der Waals surface area (Å²) in [6, 6.07) is 14.0. The number of thiophene rings is 2. The summed E-state index contributed by atoms with van der Waals surface area (Å²) in [6.07, 6.45) is 0. The molecule has 1 amide bonds. The van der Waals surface area contributed by atoms with Gasteiger partial charge in [0.25, 0.3) is 0 Å². The molecule has 1 atom stereocenters. The van der Waals surface area contributed by atoms with E-state index in [1.54, 1.807) is 11.3 Å². The summed E-state index contributed by atoms with van der Waals surface area (Å²) in [6.45, 7) is 2.05. The van der Waals surface area contributed by atoms with Crippen LogP contribution in [-0.4, -0.2) is 21.6 Å². The van der Waals surface area contributed by atoms with Crippen molar-refractivity contribution in [1.82, 2.24) is 15.3 Å². The van der Waals surface area contributed by atoms with Gasteiger partial charge in [-0.15, -0.1) is 22.7 Å². The molecule has 142 valence electrons. The van der Waals surface area contributed by atoms with E-state index in [0.717, 1.165) is 20.7 Å². The van der Waals surface area contributed by atoms with Gasteiger partial charge in [-0.3, -0.25) is 4.79 Å². The summed E-state index contributed by atoms with van der Waals surface area (Å²) < 4.78 is 0. The third-order valence-corrected chi connectivity index (χ3v) is 6.80. The Bertz CT molecular complexity index is 1090. The molecule has 0 bridgehead atoms. The summed E-state index contributed by atoms with van der Waals surface area (Å²) in [4.78, 5) is 23.4. The lowest BCUT2D eigenvalue weighted by Crippen LogP contribution is -2.30. The Morgan fingerprint density at radius 2 is 1.96 bits per heavy atom. The quantitative estimate of drug-likeness (QED) is 0.347. The summed E-state index contributed by atoms with van der Waals surface area (Å²) in [5, 5.41) is 8.47. The van der Waals surface area contributed by atoms with Gasteiger partial charge in [0.2, 0.25) is 5.91 Å². The van der Waals surface area contributed by atoms with Crippen LogP contribution in [0.3, 0.4) is 0 Å². The fourth-order valence-electron chi connectivity index (χ4n) is 2.79. The van der Waals surface area contributed by atoms with Crippen molar-refractivity contribution >= 4 is 56.4 Å². The Kier molecular flexibility index (Phi) is 5.61. The van der Waals surface area contributed by atoms with E-state index in [4.69, 9.17) is 5.73 Å². The minimum Gasteiger partial charge on any atom is -0.383 e. The number of carbonyl (C=O) groups is 1. The number of rotatable bonds is 6. The molecule has 0 saturated carbocycles. The van der Waals surface area contributed by atoms with Crippen molar-refractivity contribution in [3.05, 3.63) is 69.2 Å². The number of hydrogen-bond donors (Lipinski definition) is 2. The predicted molar refractivity (Wildman–Crippen MR) is 118 cm³/mol. The molecule has 8 heteroatoms. The van der Waals surface area contributed by atoms with Crippen LogP contribution in [0.4, 0.5) is 5.82 Å². The molecule has 3 heterocycles. The highest BCUT2D eigenvalue weighted by Gasteiger charge is 2.18. The average Bonchev–Trinajstić information content (AvgIpc) is 3.37. The van der Waals surface area contributed by atoms with Gasteiger partial charge in [0.15, 0.2) is 5.16 Å². The molecule has 0 fully saturated rings. The van der Waals surface area contributed by atoms with Crippen LogP contribution < -0.4 is 11.1 Å². The molecule has 5 nitrogen and oxygen atoms in total. The van der Waals surface area contributed by atoms with Crippen molar-refractivity contribution in [2.24, 2.45) is 0 Å². The van der Waals surface area contributed by atoms with Crippen molar-refractivity contribution in [3.63, 3.8) is 0 Å². The van der Waals surface area contributed by atoms with Gasteiger partial charge in [0, 0.05) is 4.88 Å². The number of nitrogen functional groups attached to an aromatic ring is 1. The molecule has 0 aliphatic rings. The summed E-state index contributed by atoms with van der Waals surface area (Å²) in [5.41, 5.74) is 8.24. The van der Waals surface area contributed by atoms with Gasteiger partial charge in [-0.2, -0.15) is 0 Å². The van der Waals surface area contributed by atoms with Gasteiger partial charge in [-0.1, -0.05) is 47.7 Å². The molecule has 1 aromatic carbocycles. The zero-order valence-corrected chi connectivity index (χ0v) is 17.5. The number of nitrogens with one attached hydrogen (secondary N) is 1. The fourth-order valence-corrected chi connectivity index (χ4v) is 5.08. The van der Waals surface area contributed by atoms with E-state index < -0.39 is 0 Å². The number of nitrogens with two attached hydrogens (primary N) is 1. The second kappa shape index (κ2) is 8.30. The number of amides is 1. The Hall–Kier alpha value is -2.42. The number of hydrogen-bond acceptors (Lipinski definition) is 7. The lowest BCUT2D eigenvalue weighted by molar-refractivity contribution is -0.119. The monoisotopic (exact) mass is 426 g/mol. The fraction of sp³-hybridized carbons (Fsp3) is 0.150. The molecular formula is C20H18N4OS3. The minimum atomic E-state index is -0.167. The van der Waals surface area contributed by atoms with E-state index in [9.17, 15) is 4.79 Å². The third kappa shape index (κ3) is 4.19. The molecule has 3 N–H and O–H groups in total. The third-order valence-electron chi connectivity index (χ3n) is 4.21. The maximum Gasteiger partial charge on any atom is 0.231 e. The Balaban J connectivity index is 1.47. The van der Waals surface area contributed by atoms with Crippen molar-refractivity contribution in [1.29, 1.82) is 0 Å². The van der Waals surface area contributed by atoms with Crippen LogP contribution in [0.15, 0.2) is 58.4 Å². The molecule has 0 unspecified atom stereocenters. The highest BCUT2D eigenvalue weighted by atomic mass is 32.2. The summed E-state index contributed by atoms with van der Waals surface area (Å²) >= 11 is 4.44. The summed E-state index contributed by atoms with van der Waals surface area (Å²) in [7, 11) is 0. The van der Waals surface area contributed by atoms with Crippen molar-refractivity contribution < 1.29 is 4.79 Å². The number of aryl methyl sites for hydroxylation is 1. The number of thioether (sulfide) groups is 1. The molecule has 0 saturated heterocycles. The van der Waals surface area contributed by atoms with Gasteiger partial charge in [0.05, 0.1) is 17.2 Å². The van der Waals surface area contributed by atoms with E-state index in [0.29, 0.717) is 11.0 Å². The minimum absolute atomic E-state index is 0.0718. The number of carbonyl (C=O) groups excluding carboxylic acids is 1. The number of fused-ring (bicyclic) bond motifs is 1. The zero-order chi connectivity index (χ0) is 19.5. The normalized spacial score (nSPS) is 12.2. The van der Waals surface area contributed by atoms with Gasteiger partial charge in [-0.05, 0) is 35.4 Å². The van der Waals surface area contributed by atoms with Crippen molar-refractivity contribution in [2.75, 3.05) is 11.5 Å². The van der Waals surface area contributed by atoms with E-state index >= 15 is 0 Å². The van der Waals surface area contributed by atoms with E-state index in [-0.39, 0.29) is 17.7 Å². The topological polar surface area (TPSA) is 80.9 Å². The lowest BCUT2D eigenvalue weighted by atomic mass is 10.0. The van der Waals surface area contributed by atoms with E-state index in [1.165, 1.54) is 28.7 Å². The van der Waals surface area contributed by atoms with Crippen LogP contribution in [-0.2, 0) is 4.79 Å². The van der Waals surface area contributed by atoms with Crippen LogP contribution in [0, 0.1) is 6.92 Å². The van der Waals surface area contributed by atoms with Gasteiger partial charge >= 0.3 is 0 Å². The standard InChI is InChI=1S/C20H18N4OS3/c1-12-4-6-13(7-5-12)17(15-3-2-9-26-15)22-16(25)11-28-20-23-18(21)14-8-10-27-19(14)24-20/h2-10,17H,11H2,1H3,(H,22,25)(H2,21,23,24)/t17-/m0/s1. The number of nitrogens with zero attached hydrogens (tertiary/aromatic N) is 2. The molecular weight excluding hydrogens is 408 g/mol. The first kappa shape index (κ1) is 18.9. The highest BCUT2D eigenvalue weighted by molar-refractivity contribution is 7.99. The van der Waals surface area contributed by atoms with E-state index in [1.807, 2.05) is 29.0 Å². The molecule has 4 aromatic rings. The van der Waals surface area contributed by atoms with Crippen LogP contribution in [0.1, 0.15) is 22.0 Å². The maximum absolute atomic E-state index is 12.6. The highest BCUT2D eigenvalue weighted by Crippen LogP contribution is 2.28. The lowest BCUT2D eigenvalue weighted by Gasteiger charge is -2.18. The first-order valence-electron chi connectivity index (χ1n) is 8.63. The first-order chi connectivity index (χ1) is 13.6. The van der Waals surface area contributed by atoms with E-state index in [2.05, 4.69) is 46.5 Å². The number of benzene rings is 1. The summed E-state index contributed by atoms with van der Waals surface area (Å²) in [5.74, 6) is 0.604. The Morgan fingerprint density at radius 1 is 1.14 bits per heavy atom. The number of aromatic nitrogens is 2. The molecule has 0 spiro atoms. The molecule has 3 aromatic heterocycles. The zero-order valence-electron chi connectivity index (χ0n) is 15.1. The van der Waals surface area contributed by atoms with Crippen molar-refractivity contribution in [3.8, 4) is 0 Å². The van der Waals surface area contributed by atoms with Crippen LogP contribution in [0.5, 0.6) is 0 Å². The van der Waals surface area contributed by atoms with Crippen LogP contribution in [0.2, 0.25) is 0 Å². The average molecular weight is 427 g/mol. The maximum atomic E-state index is 12.6. The Morgan fingerprint density at radius 3 is 2.71 bits per heavy atom. The first-order valence-corrected chi connectivity index (χ1v) is 11.4. The molecule has 0 aliphatic carbocycles. The van der Waals surface area contributed by atoms with Gasteiger partial charge in [0.1, 0.15) is 10.6 Å². The predicted octanol–water partition coefficient (Wildman–Crippen LogP) is 4.64. The second-order valence-corrected chi connectivity index (χ2v) is 9.06. The Labute approximate surface area is 175 Å².